The van der Waals surface area contributed by atoms with Crippen LogP contribution in [0, 0.1) is 10.8 Å². The van der Waals surface area contributed by atoms with E-state index in [9.17, 15) is 9.59 Å². The molecule has 4 heteroatoms. The number of esters is 1. The zero-order valence-electron chi connectivity index (χ0n) is 31.1. The predicted octanol–water partition coefficient (Wildman–Crippen LogP) is 11.4. The van der Waals surface area contributed by atoms with Gasteiger partial charge in [0.2, 0.25) is 0 Å². The van der Waals surface area contributed by atoms with Crippen molar-refractivity contribution in [2.45, 2.75) is 107 Å². The van der Waals surface area contributed by atoms with Crippen molar-refractivity contribution < 1.29 is 19.1 Å². The smallest absolute Gasteiger partial charge is 0.323 e. The summed E-state index contributed by atoms with van der Waals surface area (Å²) >= 11 is 0. The van der Waals surface area contributed by atoms with E-state index in [1.165, 1.54) is 11.1 Å². The number of carbonyl (C=O) groups is 3. The van der Waals surface area contributed by atoms with Crippen molar-refractivity contribution in [1.82, 2.24) is 0 Å². The summed E-state index contributed by atoms with van der Waals surface area (Å²) in [5, 5.41) is 0. The second-order valence-electron chi connectivity index (χ2n) is 16.7. The van der Waals surface area contributed by atoms with Crippen LogP contribution < -0.4 is 4.74 Å². The molecule has 3 aromatic carbocycles. The number of hydrogen-bond acceptors (Lipinski definition) is 4. The third kappa shape index (κ3) is 9.88. The van der Waals surface area contributed by atoms with Crippen molar-refractivity contribution in [3.8, 4) is 5.75 Å². The maximum absolute atomic E-state index is 12.9. The second-order valence-corrected chi connectivity index (χ2v) is 16.7. The summed E-state index contributed by atoms with van der Waals surface area (Å²) in [7, 11) is 0. The molecular weight excluding hydrogens is 604 g/mol. The van der Waals surface area contributed by atoms with Gasteiger partial charge in [-0.1, -0.05) is 169 Å². The van der Waals surface area contributed by atoms with Gasteiger partial charge in [-0.3, -0.25) is 9.59 Å². The number of rotatable bonds is 2. The topological polar surface area (TPSA) is 60.4 Å². The zero-order chi connectivity index (χ0) is 36.2. The molecule has 0 bridgehead atoms. The summed E-state index contributed by atoms with van der Waals surface area (Å²) in [4.78, 5) is 33.5. The molecule has 2 aliphatic rings. The molecule has 0 fully saturated rings. The molecule has 1 unspecified atom stereocenters. The molecule has 262 valence electrons. The number of ketones is 1. The first-order chi connectivity index (χ1) is 22.2. The highest BCUT2D eigenvalue weighted by atomic mass is 16.5. The standard InChI is InChI=1S/C22H26O2.C21H26O.CH2O.CH4/c1-21(2,3)15-12-16-18(14-10-8-7-9-11-14)20(23)24-19(16)17(13-15)22(4,5)6;1-20(2,3)17-13-16(12-15-10-8-7-9-11-15)19(22)18(14-17)21(4,5)6;1-2;/h7-13,18H,1-6H3;7-14H,1-6H3;1H2;1H4. The van der Waals surface area contributed by atoms with Gasteiger partial charge >= 0.3 is 5.97 Å². The molecule has 0 radical (unpaired) electrons. The van der Waals surface area contributed by atoms with Crippen LogP contribution in [0.15, 0.2) is 102 Å². The summed E-state index contributed by atoms with van der Waals surface area (Å²) in [5.74, 6) is 0.399. The van der Waals surface area contributed by atoms with Gasteiger partial charge < -0.3 is 9.53 Å². The maximum atomic E-state index is 12.9. The molecule has 0 saturated carbocycles. The SMILES string of the molecule is C.C=O.CC(C)(C)C1=CC(=Cc2ccccc2)C(=O)C(C(C)(C)C)=C1.CC(C)(C)c1cc2c(c(C(C)(C)C)c1)OC(=O)C2c1ccccc1. The van der Waals surface area contributed by atoms with Crippen LogP contribution in [-0.2, 0) is 25.2 Å². The van der Waals surface area contributed by atoms with E-state index in [4.69, 9.17) is 9.53 Å². The molecule has 3 aromatic rings. The predicted molar refractivity (Wildman–Crippen MR) is 206 cm³/mol. The maximum Gasteiger partial charge on any atom is 0.323 e. The molecule has 0 spiro atoms. The fourth-order valence-corrected chi connectivity index (χ4v) is 5.69. The Morgan fingerprint density at radius 3 is 1.65 bits per heavy atom. The summed E-state index contributed by atoms with van der Waals surface area (Å²) in [6.45, 7) is 28.0. The van der Waals surface area contributed by atoms with Crippen molar-refractivity contribution >= 4 is 24.6 Å². The Balaban J connectivity index is 0.000000319. The number of Topliss-reactive ketones (excluding diaryl/α,β-unsaturated/α-hetero) is 1. The van der Waals surface area contributed by atoms with Crippen LogP contribution in [0.2, 0.25) is 0 Å². The highest BCUT2D eigenvalue weighted by molar-refractivity contribution is 6.15. The monoisotopic (exact) mass is 662 g/mol. The molecular formula is C45H58O4. The van der Waals surface area contributed by atoms with Crippen LogP contribution in [0.25, 0.3) is 6.08 Å². The van der Waals surface area contributed by atoms with Gasteiger partial charge in [-0.15, -0.1) is 0 Å². The Morgan fingerprint density at radius 1 is 0.653 bits per heavy atom. The first-order valence-corrected chi connectivity index (χ1v) is 16.7. The third-order valence-electron chi connectivity index (χ3n) is 8.59. The fraction of sp³-hybridized carbons (Fsp3) is 0.400. The minimum absolute atomic E-state index is 0. The normalized spacial score (nSPS) is 16.9. The van der Waals surface area contributed by atoms with E-state index in [0.717, 1.165) is 39.1 Å². The van der Waals surface area contributed by atoms with Crippen molar-refractivity contribution in [3.63, 3.8) is 0 Å². The van der Waals surface area contributed by atoms with Gasteiger partial charge in [0.25, 0.3) is 0 Å². The second kappa shape index (κ2) is 15.5. The highest BCUT2D eigenvalue weighted by Gasteiger charge is 2.39. The van der Waals surface area contributed by atoms with E-state index in [-0.39, 0.29) is 46.8 Å². The molecule has 1 heterocycles. The van der Waals surface area contributed by atoms with Gasteiger partial charge in [0.1, 0.15) is 18.5 Å². The average Bonchev–Trinajstić information content (AvgIpc) is 3.33. The first kappa shape index (κ1) is 40.9. The fourth-order valence-electron chi connectivity index (χ4n) is 5.69. The molecule has 1 atom stereocenters. The highest BCUT2D eigenvalue weighted by Crippen LogP contribution is 2.47. The Morgan fingerprint density at radius 2 is 1.18 bits per heavy atom. The van der Waals surface area contributed by atoms with Crippen LogP contribution >= 0.6 is 0 Å². The number of hydrogen-bond donors (Lipinski definition) is 0. The van der Waals surface area contributed by atoms with E-state index in [2.05, 4.69) is 101 Å². The lowest BCUT2D eigenvalue weighted by Crippen LogP contribution is -2.24. The number of benzene rings is 3. The van der Waals surface area contributed by atoms with E-state index in [1.54, 1.807) is 0 Å². The molecule has 0 N–H and O–H groups in total. The van der Waals surface area contributed by atoms with Crippen molar-refractivity contribution in [3.05, 3.63) is 129 Å². The molecule has 4 nitrogen and oxygen atoms in total. The van der Waals surface area contributed by atoms with Crippen LogP contribution in [0.4, 0.5) is 0 Å². The molecule has 1 aliphatic heterocycles. The lowest BCUT2D eigenvalue weighted by Gasteiger charge is -2.30. The Kier molecular flexibility index (Phi) is 12.9. The molecule has 0 saturated heterocycles. The Bertz CT molecular complexity index is 1710. The third-order valence-corrected chi connectivity index (χ3v) is 8.59. The summed E-state index contributed by atoms with van der Waals surface area (Å²) in [6, 6.07) is 24.3. The van der Waals surface area contributed by atoms with E-state index in [0.29, 0.717) is 0 Å². The molecule has 5 rings (SSSR count). The molecule has 1 aliphatic carbocycles. The van der Waals surface area contributed by atoms with Crippen LogP contribution in [0.5, 0.6) is 5.75 Å². The number of carbonyl (C=O) groups excluding carboxylic acids is 3. The quantitative estimate of drug-likeness (QED) is 0.156. The zero-order valence-corrected chi connectivity index (χ0v) is 31.1. The van der Waals surface area contributed by atoms with E-state index in [1.807, 2.05) is 79.6 Å². The lowest BCUT2D eigenvalue weighted by molar-refractivity contribution is -0.133. The van der Waals surface area contributed by atoms with E-state index < -0.39 is 0 Å². The molecule has 49 heavy (non-hydrogen) atoms. The van der Waals surface area contributed by atoms with Crippen LogP contribution in [0.1, 0.15) is 124 Å². The van der Waals surface area contributed by atoms with Crippen molar-refractivity contribution in [2.75, 3.05) is 0 Å². The van der Waals surface area contributed by atoms with Crippen molar-refractivity contribution in [1.29, 1.82) is 0 Å². The van der Waals surface area contributed by atoms with Crippen molar-refractivity contribution in [2.24, 2.45) is 10.8 Å². The summed E-state index contributed by atoms with van der Waals surface area (Å²) in [5.41, 5.74) is 8.08. The van der Waals surface area contributed by atoms with Gasteiger partial charge in [0.05, 0.1) is 0 Å². The van der Waals surface area contributed by atoms with Crippen LogP contribution in [-0.4, -0.2) is 18.5 Å². The van der Waals surface area contributed by atoms with Crippen LogP contribution in [0.3, 0.4) is 0 Å². The summed E-state index contributed by atoms with van der Waals surface area (Å²) in [6.07, 6.45) is 6.13. The number of allylic oxidation sites excluding steroid dienone is 5. The first-order valence-electron chi connectivity index (χ1n) is 16.7. The largest absolute Gasteiger partial charge is 0.425 e. The minimum Gasteiger partial charge on any atom is -0.425 e. The van der Waals surface area contributed by atoms with Gasteiger partial charge in [-0.2, -0.15) is 0 Å². The van der Waals surface area contributed by atoms with Gasteiger partial charge in [-0.25, -0.2) is 0 Å². The van der Waals surface area contributed by atoms with Gasteiger partial charge in [0.15, 0.2) is 5.78 Å². The minimum atomic E-state index is -0.329. The van der Waals surface area contributed by atoms with Gasteiger partial charge in [0, 0.05) is 22.3 Å². The molecule has 0 amide bonds. The summed E-state index contributed by atoms with van der Waals surface area (Å²) < 4.78 is 5.76. The van der Waals surface area contributed by atoms with Gasteiger partial charge in [-0.05, 0) is 56.1 Å². The lowest BCUT2D eigenvalue weighted by atomic mass is 9.73. The Labute approximate surface area is 296 Å². The van der Waals surface area contributed by atoms with E-state index >= 15 is 0 Å². The average molecular weight is 663 g/mol. The number of ether oxygens (including phenoxy) is 1. The molecule has 0 aromatic heterocycles. The Hall–Kier alpha value is -4.31. The number of fused-ring (bicyclic) bond motifs is 1.